The first kappa shape index (κ1) is 20.1. The van der Waals surface area contributed by atoms with Crippen LogP contribution >= 0.6 is 0 Å². The molecule has 1 atom stereocenters. The average molecular weight is 431 g/mol. The number of hydrogen-bond acceptors (Lipinski definition) is 5. The molecular weight excluding hydrogens is 406 g/mol. The molecule has 1 saturated heterocycles. The Morgan fingerprint density at radius 3 is 2.97 bits per heavy atom. The molecule has 0 bridgehead atoms. The van der Waals surface area contributed by atoms with Gasteiger partial charge in [-0.3, -0.25) is 5.32 Å². The number of ether oxygens (including phenoxy) is 1. The van der Waals surface area contributed by atoms with Gasteiger partial charge in [0.1, 0.15) is 17.8 Å². The van der Waals surface area contributed by atoms with Gasteiger partial charge in [-0.15, -0.1) is 0 Å². The zero-order chi connectivity index (χ0) is 22.1. The highest BCUT2D eigenvalue weighted by atomic mass is 16.5. The third-order valence-corrected chi connectivity index (χ3v) is 5.96. The van der Waals surface area contributed by atoms with E-state index in [0.717, 1.165) is 46.8 Å². The zero-order valence-electron chi connectivity index (χ0n) is 18.1. The minimum absolute atomic E-state index is 0.127. The summed E-state index contributed by atoms with van der Waals surface area (Å²) >= 11 is 0. The fourth-order valence-electron chi connectivity index (χ4n) is 4.29. The number of piperidine rings is 1. The van der Waals surface area contributed by atoms with Crippen LogP contribution in [0.3, 0.4) is 0 Å². The Balaban J connectivity index is 1.45. The van der Waals surface area contributed by atoms with Crippen molar-refractivity contribution in [1.82, 2.24) is 19.4 Å². The number of anilines is 1. The summed E-state index contributed by atoms with van der Waals surface area (Å²) in [6, 6.07) is 13.9. The number of likely N-dealkylation sites (tertiary alicyclic amines) is 1. The van der Waals surface area contributed by atoms with Gasteiger partial charge in [0.15, 0.2) is 5.82 Å². The van der Waals surface area contributed by atoms with E-state index in [1.807, 2.05) is 54.4 Å². The summed E-state index contributed by atoms with van der Waals surface area (Å²) in [6.07, 6.45) is 5.44. The highest BCUT2D eigenvalue weighted by molar-refractivity contribution is 5.89. The molecule has 5 rings (SSSR count). The largest absolute Gasteiger partial charge is 0.497 e. The molecule has 1 aliphatic heterocycles. The van der Waals surface area contributed by atoms with Crippen molar-refractivity contribution in [2.45, 2.75) is 25.7 Å². The summed E-state index contributed by atoms with van der Waals surface area (Å²) in [7, 11) is 1.66. The number of benzene rings is 1. The minimum atomic E-state index is -0.166. The number of aromatic nitrogens is 3. The van der Waals surface area contributed by atoms with E-state index >= 15 is 0 Å². The van der Waals surface area contributed by atoms with E-state index in [0.29, 0.717) is 18.9 Å². The summed E-state index contributed by atoms with van der Waals surface area (Å²) in [5, 5.41) is 6.71. The number of pyridine rings is 1. The lowest BCUT2D eigenvalue weighted by atomic mass is 9.97. The van der Waals surface area contributed by atoms with Gasteiger partial charge in [0.25, 0.3) is 0 Å². The van der Waals surface area contributed by atoms with Crippen molar-refractivity contribution < 1.29 is 14.1 Å². The van der Waals surface area contributed by atoms with Gasteiger partial charge in [0.05, 0.1) is 18.3 Å². The molecule has 4 aromatic rings. The summed E-state index contributed by atoms with van der Waals surface area (Å²) in [4.78, 5) is 19.7. The monoisotopic (exact) mass is 431 g/mol. The van der Waals surface area contributed by atoms with Crippen LogP contribution in [0.25, 0.3) is 16.8 Å². The SMILES string of the molecule is COc1cccc(-c2nc([C@@H]3CCCN(C(=O)Nc4nocc4C)C3)n3ccccc23)c1. The topological polar surface area (TPSA) is 84.9 Å². The van der Waals surface area contributed by atoms with Crippen molar-refractivity contribution >= 4 is 17.4 Å². The number of aryl methyl sites for hydroxylation is 1. The van der Waals surface area contributed by atoms with Crippen molar-refractivity contribution in [2.24, 2.45) is 0 Å². The number of rotatable bonds is 4. The molecule has 1 fully saturated rings. The molecule has 0 aliphatic carbocycles. The number of carbonyl (C=O) groups excluding carboxylic acids is 1. The quantitative estimate of drug-likeness (QED) is 0.505. The predicted molar refractivity (Wildman–Crippen MR) is 121 cm³/mol. The third kappa shape index (κ3) is 3.68. The van der Waals surface area contributed by atoms with E-state index in [1.54, 1.807) is 7.11 Å². The van der Waals surface area contributed by atoms with Crippen molar-refractivity contribution in [3.8, 4) is 17.0 Å². The minimum Gasteiger partial charge on any atom is -0.497 e. The van der Waals surface area contributed by atoms with Crippen LogP contribution in [0.4, 0.5) is 10.6 Å². The van der Waals surface area contributed by atoms with Gasteiger partial charge in [-0.1, -0.05) is 23.4 Å². The standard InChI is InChI=1S/C24H25N5O3/c1-16-15-32-27-22(16)26-24(30)28-11-6-8-18(14-28)23-25-21(20-10-3-4-12-29(20)23)17-7-5-9-19(13-17)31-2/h3-5,7,9-10,12-13,15,18H,6,8,11,14H2,1-2H3,(H,26,27,30)/t18-/m1/s1. The highest BCUT2D eigenvalue weighted by Crippen LogP contribution is 2.33. The van der Waals surface area contributed by atoms with Crippen LogP contribution in [0.1, 0.15) is 30.1 Å². The lowest BCUT2D eigenvalue weighted by Gasteiger charge is -2.32. The van der Waals surface area contributed by atoms with E-state index in [-0.39, 0.29) is 11.9 Å². The Hall–Kier alpha value is -3.81. The molecular formula is C24H25N5O3. The third-order valence-electron chi connectivity index (χ3n) is 5.96. The molecule has 0 unspecified atom stereocenters. The number of fused-ring (bicyclic) bond motifs is 1. The second kappa shape index (κ2) is 8.37. The molecule has 8 nitrogen and oxygen atoms in total. The number of hydrogen-bond donors (Lipinski definition) is 1. The van der Waals surface area contributed by atoms with E-state index in [2.05, 4.69) is 20.9 Å². The van der Waals surface area contributed by atoms with Crippen LogP contribution in [0.15, 0.2) is 59.4 Å². The molecule has 1 N–H and O–H groups in total. The van der Waals surface area contributed by atoms with Gasteiger partial charge < -0.3 is 18.6 Å². The van der Waals surface area contributed by atoms with Gasteiger partial charge in [0, 0.05) is 36.3 Å². The molecule has 0 radical (unpaired) electrons. The average Bonchev–Trinajstić information content (AvgIpc) is 3.42. The summed E-state index contributed by atoms with van der Waals surface area (Å²) in [5.74, 6) is 2.35. The summed E-state index contributed by atoms with van der Waals surface area (Å²) in [5.41, 5.74) is 3.76. The van der Waals surface area contributed by atoms with Gasteiger partial charge in [-0.25, -0.2) is 9.78 Å². The lowest BCUT2D eigenvalue weighted by Crippen LogP contribution is -2.42. The molecule has 8 heteroatoms. The first-order valence-electron chi connectivity index (χ1n) is 10.7. The number of methoxy groups -OCH3 is 1. The molecule has 1 aliphatic rings. The van der Waals surface area contributed by atoms with Crippen molar-refractivity contribution in [1.29, 1.82) is 0 Å². The number of amides is 2. The number of carbonyl (C=O) groups is 1. The number of nitrogens with zero attached hydrogens (tertiary/aromatic N) is 4. The van der Waals surface area contributed by atoms with E-state index < -0.39 is 0 Å². The zero-order valence-corrected chi connectivity index (χ0v) is 18.1. The Bertz CT molecular complexity index is 1260. The first-order chi connectivity index (χ1) is 15.6. The van der Waals surface area contributed by atoms with E-state index in [1.165, 1.54) is 6.26 Å². The number of urea groups is 1. The van der Waals surface area contributed by atoms with E-state index in [4.69, 9.17) is 14.2 Å². The molecule has 3 aromatic heterocycles. The number of nitrogens with one attached hydrogen (secondary N) is 1. The van der Waals surface area contributed by atoms with Crippen LogP contribution in [0.2, 0.25) is 0 Å². The Morgan fingerprint density at radius 1 is 1.25 bits per heavy atom. The van der Waals surface area contributed by atoms with Gasteiger partial charge in [-0.2, -0.15) is 0 Å². The van der Waals surface area contributed by atoms with Gasteiger partial charge in [-0.05, 0) is 44.0 Å². The molecule has 4 heterocycles. The van der Waals surface area contributed by atoms with Gasteiger partial charge in [0.2, 0.25) is 0 Å². The van der Waals surface area contributed by atoms with Crippen LogP contribution in [0, 0.1) is 6.92 Å². The summed E-state index contributed by atoms with van der Waals surface area (Å²) < 4.78 is 12.5. The van der Waals surface area contributed by atoms with Crippen molar-refractivity contribution in [3.05, 3.63) is 66.3 Å². The molecule has 164 valence electrons. The van der Waals surface area contributed by atoms with Crippen LogP contribution in [-0.2, 0) is 0 Å². The van der Waals surface area contributed by atoms with Crippen molar-refractivity contribution in [3.63, 3.8) is 0 Å². The Kier molecular flexibility index (Phi) is 5.26. The maximum absolute atomic E-state index is 12.8. The fraction of sp³-hybridized carbons (Fsp3) is 0.292. The molecule has 0 saturated carbocycles. The molecule has 0 spiro atoms. The van der Waals surface area contributed by atoms with E-state index in [9.17, 15) is 4.79 Å². The Labute approximate surface area is 185 Å². The van der Waals surface area contributed by atoms with Gasteiger partial charge >= 0.3 is 6.03 Å². The fourth-order valence-corrected chi connectivity index (χ4v) is 4.29. The first-order valence-corrected chi connectivity index (χ1v) is 10.7. The molecule has 2 amide bonds. The second-order valence-electron chi connectivity index (χ2n) is 8.07. The maximum atomic E-state index is 12.8. The molecule has 32 heavy (non-hydrogen) atoms. The number of imidazole rings is 1. The van der Waals surface area contributed by atoms with Crippen LogP contribution in [0.5, 0.6) is 5.75 Å². The Morgan fingerprint density at radius 2 is 2.16 bits per heavy atom. The van der Waals surface area contributed by atoms with Crippen molar-refractivity contribution in [2.75, 3.05) is 25.5 Å². The molecule has 1 aromatic carbocycles. The summed E-state index contributed by atoms with van der Waals surface area (Å²) in [6.45, 7) is 3.14. The predicted octanol–water partition coefficient (Wildman–Crippen LogP) is 4.72. The second-order valence-corrected chi connectivity index (χ2v) is 8.07. The normalized spacial score (nSPS) is 16.3. The van der Waals surface area contributed by atoms with Crippen LogP contribution < -0.4 is 10.1 Å². The highest BCUT2D eigenvalue weighted by Gasteiger charge is 2.29. The smallest absolute Gasteiger partial charge is 0.323 e. The maximum Gasteiger partial charge on any atom is 0.323 e. The van der Waals surface area contributed by atoms with Crippen LogP contribution in [-0.4, -0.2) is 45.7 Å². The lowest BCUT2D eigenvalue weighted by molar-refractivity contribution is 0.191.